The van der Waals surface area contributed by atoms with E-state index in [4.69, 9.17) is 34.8 Å². The van der Waals surface area contributed by atoms with E-state index in [0.717, 1.165) is 0 Å². The lowest BCUT2D eigenvalue weighted by Crippen LogP contribution is -2.17. The Kier molecular flexibility index (Phi) is 3.18. The van der Waals surface area contributed by atoms with Crippen LogP contribution in [0.5, 0.6) is 0 Å². The summed E-state index contributed by atoms with van der Waals surface area (Å²) < 4.78 is 0. The maximum atomic E-state index is 5.69. The summed E-state index contributed by atoms with van der Waals surface area (Å²) in [6, 6.07) is 0. The summed E-state index contributed by atoms with van der Waals surface area (Å²) in [5.74, 6) is 0.289. The second kappa shape index (κ2) is 2.95. The van der Waals surface area contributed by atoms with Gasteiger partial charge in [0, 0.05) is 10.9 Å². The van der Waals surface area contributed by atoms with Crippen molar-refractivity contribution in [3.05, 3.63) is 11.6 Å². The topological polar surface area (TPSA) is 0 Å². The van der Waals surface area contributed by atoms with E-state index in [1.165, 1.54) is 0 Å². The molecule has 0 aromatic carbocycles. The molecule has 0 saturated carbocycles. The summed E-state index contributed by atoms with van der Waals surface area (Å²) in [7, 11) is 0. The first kappa shape index (κ1) is 8.61. The average Bonchev–Trinajstić information content (AvgIpc) is 1.67. The lowest BCUT2D eigenvalue weighted by molar-refractivity contribution is 0.876. The quantitative estimate of drug-likeness (QED) is 0.563. The van der Waals surface area contributed by atoms with Gasteiger partial charge in [-0.05, 0) is 6.92 Å². The van der Waals surface area contributed by atoms with Crippen LogP contribution in [0.25, 0.3) is 0 Å². The highest BCUT2D eigenvalue weighted by Crippen LogP contribution is 2.27. The summed E-state index contributed by atoms with van der Waals surface area (Å²) in [6.07, 6.45) is 0. The number of hydrogen-bond donors (Lipinski definition) is 0. The summed E-state index contributed by atoms with van der Waals surface area (Å²) in [4.78, 5) is -0.650. The molecule has 0 nitrogen and oxygen atoms in total. The molecule has 8 heavy (non-hydrogen) atoms. The Hall–Kier alpha value is 0.610. The van der Waals surface area contributed by atoms with Crippen molar-refractivity contribution in [2.24, 2.45) is 0 Å². The van der Waals surface area contributed by atoms with Crippen LogP contribution in [0, 0.1) is 0 Å². The number of alkyl halides is 2. The van der Waals surface area contributed by atoms with Crippen LogP contribution in [0.1, 0.15) is 6.92 Å². The fraction of sp³-hybridized carbons (Fsp3) is 0.600. The van der Waals surface area contributed by atoms with Crippen molar-refractivity contribution in [3.8, 4) is 0 Å². The zero-order valence-electron chi connectivity index (χ0n) is 4.55. The molecule has 48 valence electrons. The molecule has 0 aliphatic heterocycles. The van der Waals surface area contributed by atoms with E-state index in [1.54, 1.807) is 6.92 Å². The Balaban J connectivity index is 3.91. The largest absolute Gasteiger partial charge is 0.124 e. The van der Waals surface area contributed by atoms with Gasteiger partial charge in [0.2, 0.25) is 0 Å². The van der Waals surface area contributed by atoms with Crippen molar-refractivity contribution in [2.45, 2.75) is 11.8 Å². The lowest BCUT2D eigenvalue weighted by atomic mass is 10.2. The van der Waals surface area contributed by atoms with Gasteiger partial charge in [-0.3, -0.25) is 0 Å². The molecule has 0 rings (SSSR count). The van der Waals surface area contributed by atoms with Crippen LogP contribution in [-0.4, -0.2) is 10.8 Å². The molecular weight excluding hydrogens is 166 g/mol. The van der Waals surface area contributed by atoms with E-state index in [2.05, 4.69) is 6.58 Å². The molecule has 0 fully saturated rings. The van der Waals surface area contributed by atoms with E-state index in [9.17, 15) is 0 Å². The van der Waals surface area contributed by atoms with Crippen LogP contribution in [-0.2, 0) is 0 Å². The molecule has 0 heterocycles. The average molecular weight is 173 g/mol. The first-order valence-corrected chi connectivity index (χ1v) is 3.39. The van der Waals surface area contributed by atoms with Gasteiger partial charge in [0.15, 0.2) is 0 Å². The fourth-order valence-corrected chi connectivity index (χ4v) is 0.369. The highest BCUT2D eigenvalue weighted by molar-refractivity contribution is 6.41. The molecule has 0 spiro atoms. The minimum atomic E-state index is -0.650. The van der Waals surface area contributed by atoms with Crippen LogP contribution < -0.4 is 0 Å². The normalized spacial score (nSPS) is 17.5. The molecule has 0 aliphatic carbocycles. The Labute approximate surface area is 64.4 Å². The van der Waals surface area contributed by atoms with Gasteiger partial charge in [-0.25, -0.2) is 0 Å². The van der Waals surface area contributed by atoms with Crippen LogP contribution >= 0.6 is 34.8 Å². The highest BCUT2D eigenvalue weighted by Gasteiger charge is 2.21. The molecule has 0 radical (unpaired) electrons. The lowest BCUT2D eigenvalue weighted by Gasteiger charge is -2.15. The Morgan fingerprint density at radius 3 is 2.12 bits per heavy atom. The predicted octanol–water partition coefficient (Wildman–Crippen LogP) is 2.98. The van der Waals surface area contributed by atoms with Gasteiger partial charge in [-0.15, -0.1) is 23.2 Å². The smallest absolute Gasteiger partial charge is 0.0901 e. The van der Waals surface area contributed by atoms with Gasteiger partial charge in [-0.2, -0.15) is 0 Å². The van der Waals surface area contributed by atoms with E-state index < -0.39 is 4.87 Å². The van der Waals surface area contributed by atoms with Crippen molar-refractivity contribution < 1.29 is 0 Å². The summed E-state index contributed by atoms with van der Waals surface area (Å²) in [6.45, 7) is 5.17. The molecule has 0 aliphatic rings. The maximum absolute atomic E-state index is 5.69. The van der Waals surface area contributed by atoms with Crippen LogP contribution in [0.3, 0.4) is 0 Å². The number of rotatable bonds is 2. The van der Waals surface area contributed by atoms with Crippen molar-refractivity contribution >= 4 is 34.8 Å². The van der Waals surface area contributed by atoms with Crippen molar-refractivity contribution in [3.63, 3.8) is 0 Å². The minimum absolute atomic E-state index is 0.289. The molecular formula is C5H7Cl3. The molecule has 0 saturated heterocycles. The summed E-state index contributed by atoms with van der Waals surface area (Å²) >= 11 is 16.6. The Bertz CT molecular complexity index is 95.8. The zero-order chi connectivity index (χ0) is 6.78. The molecule has 0 N–H and O–H groups in total. The minimum Gasteiger partial charge on any atom is -0.124 e. The standard InChI is InChI=1S/C5H7Cl3/c1-4(7)5(2,8)3-6/h1,3H2,2H3. The SMILES string of the molecule is C=C(Cl)C(C)(Cl)CCl. The van der Waals surface area contributed by atoms with Gasteiger partial charge < -0.3 is 0 Å². The zero-order valence-corrected chi connectivity index (χ0v) is 6.82. The van der Waals surface area contributed by atoms with Crippen molar-refractivity contribution in [1.82, 2.24) is 0 Å². The number of allylic oxidation sites excluding steroid dienone is 1. The molecule has 1 unspecified atom stereocenters. The van der Waals surface area contributed by atoms with Crippen LogP contribution in [0.15, 0.2) is 11.6 Å². The van der Waals surface area contributed by atoms with Gasteiger partial charge >= 0.3 is 0 Å². The van der Waals surface area contributed by atoms with Gasteiger partial charge in [0.05, 0.1) is 4.87 Å². The Morgan fingerprint density at radius 2 is 2.12 bits per heavy atom. The number of halogens is 3. The first-order valence-electron chi connectivity index (χ1n) is 2.10. The van der Waals surface area contributed by atoms with Crippen molar-refractivity contribution in [2.75, 3.05) is 5.88 Å². The Morgan fingerprint density at radius 1 is 1.75 bits per heavy atom. The van der Waals surface area contributed by atoms with E-state index in [0.29, 0.717) is 5.03 Å². The molecule has 0 amide bonds. The van der Waals surface area contributed by atoms with Crippen LogP contribution in [0.2, 0.25) is 0 Å². The highest BCUT2D eigenvalue weighted by atomic mass is 35.5. The van der Waals surface area contributed by atoms with Crippen LogP contribution in [0.4, 0.5) is 0 Å². The fourth-order valence-electron chi connectivity index (χ4n) is 0.0725. The third-order valence-corrected chi connectivity index (χ3v) is 2.36. The molecule has 0 aromatic rings. The monoisotopic (exact) mass is 172 g/mol. The second-order valence-electron chi connectivity index (χ2n) is 1.74. The summed E-state index contributed by atoms with van der Waals surface area (Å²) in [5, 5.41) is 0.383. The van der Waals surface area contributed by atoms with E-state index >= 15 is 0 Å². The van der Waals surface area contributed by atoms with E-state index in [1.807, 2.05) is 0 Å². The van der Waals surface area contributed by atoms with Gasteiger partial charge in [0.25, 0.3) is 0 Å². The van der Waals surface area contributed by atoms with Crippen molar-refractivity contribution in [1.29, 1.82) is 0 Å². The number of hydrogen-bond acceptors (Lipinski definition) is 0. The second-order valence-corrected chi connectivity index (χ2v) is 3.29. The third kappa shape index (κ3) is 2.25. The molecule has 0 aromatic heterocycles. The molecule has 3 heteroatoms. The first-order chi connectivity index (χ1) is 3.50. The maximum Gasteiger partial charge on any atom is 0.0901 e. The predicted molar refractivity (Wildman–Crippen MR) is 40.0 cm³/mol. The van der Waals surface area contributed by atoms with Gasteiger partial charge in [-0.1, -0.05) is 18.2 Å². The van der Waals surface area contributed by atoms with E-state index in [-0.39, 0.29) is 5.88 Å². The third-order valence-electron chi connectivity index (χ3n) is 0.817. The molecule has 0 bridgehead atoms. The summed E-state index contributed by atoms with van der Waals surface area (Å²) in [5.41, 5.74) is 0. The van der Waals surface area contributed by atoms with Gasteiger partial charge in [0.1, 0.15) is 0 Å². The molecule has 1 atom stereocenters.